The smallest absolute Gasteiger partial charge is 0.0371 e. The second-order valence-electron chi connectivity index (χ2n) is 19.5. The third-order valence-corrected chi connectivity index (χ3v) is 17.4. The molecule has 1 heteroatoms. The fraction of sp³-hybridized carbons (Fsp3) is 0.800. The molecule has 1 aromatic carbocycles. The Hall–Kier alpha value is -1.50. The number of nitrogens with zero attached hydrogens (tertiary/aromatic N) is 1. The van der Waals surface area contributed by atoms with Gasteiger partial charge in [0.15, 0.2) is 0 Å². The van der Waals surface area contributed by atoms with Gasteiger partial charge in [0.25, 0.3) is 0 Å². The maximum Gasteiger partial charge on any atom is 0.0371 e. The molecule has 0 saturated heterocycles. The molecule has 4 atom stereocenters. The van der Waals surface area contributed by atoms with E-state index in [1.807, 2.05) is 0 Å². The molecule has 0 spiro atoms. The number of rotatable bonds is 16. The topological polar surface area (TPSA) is 3.24 Å². The molecule has 6 rings (SSSR count). The van der Waals surface area contributed by atoms with Crippen molar-refractivity contribution in [3.8, 4) is 0 Å². The molecule has 0 radical (unpaired) electrons. The Bertz CT molecular complexity index is 1260. The lowest BCUT2D eigenvalue weighted by molar-refractivity contribution is 0.0450. The zero-order valence-corrected chi connectivity index (χ0v) is 34.8. The monoisotopic (exact) mass is 696 g/mol. The highest BCUT2D eigenvalue weighted by Crippen LogP contribution is 2.51. The van der Waals surface area contributed by atoms with Crippen molar-refractivity contribution in [2.75, 3.05) is 4.90 Å². The first-order chi connectivity index (χ1) is 24.7. The van der Waals surface area contributed by atoms with Crippen LogP contribution < -0.4 is 4.90 Å². The van der Waals surface area contributed by atoms with Crippen molar-refractivity contribution < 1.29 is 0 Å². The van der Waals surface area contributed by atoms with E-state index in [0.29, 0.717) is 10.8 Å². The minimum atomic E-state index is 0.527. The van der Waals surface area contributed by atoms with Gasteiger partial charge >= 0.3 is 0 Å². The first kappa shape index (κ1) is 39.2. The molecular formula is C50H81N. The van der Waals surface area contributed by atoms with Gasteiger partial charge in [-0.1, -0.05) is 110 Å². The SMILES string of the molecule is CCC(CCCC(C)(CC)CC)C1=CC=C(c2ccc(N(C3CCC(C4CCC5CCC5C4)CC3)C3CCC(C(C)(CC)CC)CC3)cc2)CC1. The highest BCUT2D eigenvalue weighted by atomic mass is 15.2. The van der Waals surface area contributed by atoms with Crippen molar-refractivity contribution in [1.29, 1.82) is 0 Å². The molecule has 5 aliphatic rings. The summed E-state index contributed by atoms with van der Waals surface area (Å²) in [6.45, 7) is 17.1. The average Bonchev–Trinajstić information content (AvgIpc) is 3.17. The van der Waals surface area contributed by atoms with Crippen molar-refractivity contribution in [3.63, 3.8) is 0 Å². The van der Waals surface area contributed by atoms with Crippen LogP contribution in [0.5, 0.6) is 0 Å². The van der Waals surface area contributed by atoms with Crippen LogP contribution in [0.1, 0.15) is 202 Å². The van der Waals surface area contributed by atoms with Gasteiger partial charge in [0.1, 0.15) is 0 Å². The van der Waals surface area contributed by atoms with Crippen molar-refractivity contribution >= 4 is 11.3 Å². The first-order valence-electron chi connectivity index (χ1n) is 23.0. The number of benzene rings is 1. The quantitative estimate of drug-likeness (QED) is 0.166. The van der Waals surface area contributed by atoms with Gasteiger partial charge < -0.3 is 4.90 Å². The van der Waals surface area contributed by atoms with E-state index in [0.717, 1.165) is 47.6 Å². The lowest BCUT2D eigenvalue weighted by Crippen LogP contribution is -2.48. The fourth-order valence-corrected chi connectivity index (χ4v) is 12.3. The molecular weight excluding hydrogens is 615 g/mol. The van der Waals surface area contributed by atoms with E-state index in [1.165, 1.54) is 127 Å². The van der Waals surface area contributed by atoms with Crippen LogP contribution in [0.3, 0.4) is 0 Å². The molecule has 4 unspecified atom stereocenters. The van der Waals surface area contributed by atoms with Gasteiger partial charge in [-0.2, -0.15) is 0 Å². The molecule has 0 bridgehead atoms. The number of fused-ring (bicyclic) bond motifs is 1. The Labute approximate surface area is 317 Å². The molecule has 5 aliphatic carbocycles. The minimum Gasteiger partial charge on any atom is -0.366 e. The summed E-state index contributed by atoms with van der Waals surface area (Å²) in [7, 11) is 0. The summed E-state index contributed by atoms with van der Waals surface area (Å²) in [5, 5.41) is 0. The van der Waals surface area contributed by atoms with Gasteiger partial charge in [-0.05, 0) is 185 Å². The molecule has 286 valence electrons. The van der Waals surface area contributed by atoms with E-state index in [4.69, 9.17) is 0 Å². The van der Waals surface area contributed by atoms with Gasteiger partial charge in [0, 0.05) is 17.8 Å². The number of hydrogen-bond acceptors (Lipinski definition) is 1. The lowest BCUT2D eigenvalue weighted by atomic mass is 9.59. The summed E-state index contributed by atoms with van der Waals surface area (Å²) in [4.78, 5) is 3.01. The minimum absolute atomic E-state index is 0.527. The van der Waals surface area contributed by atoms with E-state index in [2.05, 4.69) is 89.8 Å². The molecule has 0 amide bonds. The van der Waals surface area contributed by atoms with E-state index < -0.39 is 0 Å². The zero-order chi connectivity index (χ0) is 36.0. The second kappa shape index (κ2) is 17.8. The predicted octanol–water partition coefficient (Wildman–Crippen LogP) is 15.4. The molecule has 0 aliphatic heterocycles. The zero-order valence-electron chi connectivity index (χ0n) is 34.8. The molecule has 0 heterocycles. The summed E-state index contributed by atoms with van der Waals surface area (Å²) in [6.07, 6.45) is 37.4. The number of anilines is 1. The standard InChI is InChI=1S/C50H81N/c1-8-37(14-13-35-49(6,9-2)10-3)38-15-17-39(18-16-38)40-23-29-46(30-24-40)51(48-33-27-45(28-34-48)50(7,11-4)12-5)47-31-25-42(26-32-47)44-22-20-41-19-21-43(41)36-44/h15,17,23-24,29-30,37,41-45,47-48H,8-14,16,18-22,25-28,31-36H2,1-7H3. The van der Waals surface area contributed by atoms with Crippen LogP contribution in [0.4, 0.5) is 5.69 Å². The van der Waals surface area contributed by atoms with Crippen LogP contribution in [-0.2, 0) is 0 Å². The highest BCUT2D eigenvalue weighted by Gasteiger charge is 2.42. The maximum atomic E-state index is 3.01. The Morgan fingerprint density at radius 3 is 1.69 bits per heavy atom. The molecule has 1 aromatic rings. The third kappa shape index (κ3) is 9.07. The van der Waals surface area contributed by atoms with E-state index in [-0.39, 0.29) is 0 Å². The van der Waals surface area contributed by atoms with Gasteiger partial charge in [-0.15, -0.1) is 0 Å². The maximum absolute atomic E-state index is 3.01. The summed E-state index contributed by atoms with van der Waals surface area (Å²) in [6, 6.07) is 11.5. The Kier molecular flexibility index (Phi) is 13.6. The summed E-state index contributed by atoms with van der Waals surface area (Å²) in [5.74, 6) is 5.94. The summed E-state index contributed by atoms with van der Waals surface area (Å²) >= 11 is 0. The fourth-order valence-electron chi connectivity index (χ4n) is 12.3. The van der Waals surface area contributed by atoms with Gasteiger partial charge in [-0.3, -0.25) is 0 Å². The predicted molar refractivity (Wildman–Crippen MR) is 224 cm³/mol. The average molecular weight is 696 g/mol. The van der Waals surface area contributed by atoms with Crippen molar-refractivity contribution in [3.05, 3.63) is 47.6 Å². The van der Waals surface area contributed by atoms with Crippen LogP contribution in [0.2, 0.25) is 0 Å². The van der Waals surface area contributed by atoms with Crippen molar-refractivity contribution in [2.24, 2.45) is 46.3 Å². The third-order valence-electron chi connectivity index (χ3n) is 17.4. The summed E-state index contributed by atoms with van der Waals surface area (Å²) in [5.41, 5.74) is 7.32. The number of allylic oxidation sites excluding steroid dienone is 4. The normalized spacial score (nSPS) is 30.8. The van der Waals surface area contributed by atoms with E-state index in [9.17, 15) is 0 Å². The van der Waals surface area contributed by atoms with Crippen LogP contribution in [0.15, 0.2) is 42.0 Å². The van der Waals surface area contributed by atoms with Crippen molar-refractivity contribution in [1.82, 2.24) is 0 Å². The van der Waals surface area contributed by atoms with Crippen LogP contribution in [0.25, 0.3) is 5.57 Å². The first-order valence-corrected chi connectivity index (χ1v) is 23.0. The molecule has 4 fully saturated rings. The molecule has 0 N–H and O–H groups in total. The van der Waals surface area contributed by atoms with Gasteiger partial charge in [0.05, 0.1) is 0 Å². The Morgan fingerprint density at radius 1 is 0.627 bits per heavy atom. The highest BCUT2D eigenvalue weighted by molar-refractivity contribution is 5.70. The van der Waals surface area contributed by atoms with Gasteiger partial charge in [-0.25, -0.2) is 0 Å². The van der Waals surface area contributed by atoms with E-state index in [1.54, 1.807) is 43.3 Å². The molecule has 51 heavy (non-hydrogen) atoms. The van der Waals surface area contributed by atoms with Crippen molar-refractivity contribution in [2.45, 2.75) is 208 Å². The Balaban J connectivity index is 1.12. The van der Waals surface area contributed by atoms with Gasteiger partial charge in [0.2, 0.25) is 0 Å². The van der Waals surface area contributed by atoms with Crippen LogP contribution in [0, 0.1) is 46.3 Å². The van der Waals surface area contributed by atoms with Crippen LogP contribution in [-0.4, -0.2) is 12.1 Å². The van der Waals surface area contributed by atoms with E-state index >= 15 is 0 Å². The largest absolute Gasteiger partial charge is 0.366 e. The second-order valence-corrected chi connectivity index (χ2v) is 19.5. The van der Waals surface area contributed by atoms with Crippen LogP contribution >= 0.6 is 0 Å². The Morgan fingerprint density at radius 2 is 1.18 bits per heavy atom. The lowest BCUT2D eigenvalue weighted by Gasteiger charge is -2.50. The number of hydrogen-bond donors (Lipinski definition) is 0. The molecule has 0 aromatic heterocycles. The summed E-state index contributed by atoms with van der Waals surface area (Å²) < 4.78 is 0. The molecule has 4 saturated carbocycles. The molecule has 1 nitrogen and oxygen atoms in total.